The number of hydrogen-bond donors (Lipinski definition) is 2. The maximum Gasteiger partial charge on any atom is 0.255 e. The second-order valence-electron chi connectivity index (χ2n) is 7.50. The van der Waals surface area contributed by atoms with E-state index in [9.17, 15) is 4.79 Å². The van der Waals surface area contributed by atoms with Gasteiger partial charge in [-0.25, -0.2) is 15.0 Å². The van der Waals surface area contributed by atoms with Gasteiger partial charge in [0, 0.05) is 28.6 Å². The predicted octanol–water partition coefficient (Wildman–Crippen LogP) is 5.77. The van der Waals surface area contributed by atoms with E-state index in [-0.39, 0.29) is 5.91 Å². The van der Waals surface area contributed by atoms with Crippen molar-refractivity contribution in [2.75, 3.05) is 24.9 Å². The summed E-state index contributed by atoms with van der Waals surface area (Å²) in [5.74, 6) is 2.06. The number of nitrogens with one attached hydrogen (secondary N) is 2. The van der Waals surface area contributed by atoms with Crippen LogP contribution >= 0.6 is 11.3 Å². The molecule has 0 saturated heterocycles. The smallest absolute Gasteiger partial charge is 0.255 e. The van der Waals surface area contributed by atoms with E-state index in [1.165, 1.54) is 11.3 Å². The Hall–Kier alpha value is -4.50. The van der Waals surface area contributed by atoms with Gasteiger partial charge in [-0.1, -0.05) is 30.3 Å². The molecule has 0 aliphatic heterocycles. The van der Waals surface area contributed by atoms with Crippen LogP contribution in [0, 0.1) is 0 Å². The number of thiazole rings is 1. The molecule has 0 fully saturated rings. The lowest BCUT2D eigenvalue weighted by molar-refractivity contribution is 0.102. The van der Waals surface area contributed by atoms with Gasteiger partial charge in [-0.3, -0.25) is 4.79 Å². The van der Waals surface area contributed by atoms with E-state index < -0.39 is 0 Å². The number of nitrogens with zero attached hydrogens (tertiary/aromatic N) is 3. The highest BCUT2D eigenvalue weighted by atomic mass is 32.1. The van der Waals surface area contributed by atoms with E-state index >= 15 is 0 Å². The van der Waals surface area contributed by atoms with E-state index in [2.05, 4.69) is 20.6 Å². The zero-order valence-electron chi connectivity index (χ0n) is 19.0. The fourth-order valence-electron chi connectivity index (χ4n) is 3.55. The van der Waals surface area contributed by atoms with Crippen molar-refractivity contribution >= 4 is 44.8 Å². The maximum absolute atomic E-state index is 12.8. The fraction of sp³-hybridized carbons (Fsp3) is 0.0769. The van der Waals surface area contributed by atoms with E-state index in [4.69, 9.17) is 14.5 Å². The van der Waals surface area contributed by atoms with Gasteiger partial charge in [0.05, 0.1) is 19.7 Å². The Morgan fingerprint density at radius 1 is 0.857 bits per heavy atom. The van der Waals surface area contributed by atoms with Gasteiger partial charge >= 0.3 is 0 Å². The zero-order valence-corrected chi connectivity index (χ0v) is 19.8. The summed E-state index contributed by atoms with van der Waals surface area (Å²) < 4.78 is 10.7. The van der Waals surface area contributed by atoms with E-state index in [0.717, 1.165) is 21.8 Å². The van der Waals surface area contributed by atoms with Gasteiger partial charge in [0.2, 0.25) is 0 Å². The van der Waals surface area contributed by atoms with Crippen LogP contribution in [-0.2, 0) is 0 Å². The molecule has 0 unspecified atom stereocenters. The summed E-state index contributed by atoms with van der Waals surface area (Å²) >= 11 is 1.42. The predicted molar refractivity (Wildman–Crippen MR) is 138 cm³/mol. The van der Waals surface area contributed by atoms with Crippen molar-refractivity contribution in [3.8, 4) is 22.9 Å². The molecule has 2 N–H and O–H groups in total. The summed E-state index contributed by atoms with van der Waals surface area (Å²) in [4.78, 5) is 27.4. The first-order valence-corrected chi connectivity index (χ1v) is 11.6. The maximum atomic E-state index is 12.8. The second-order valence-corrected chi connectivity index (χ2v) is 8.33. The summed E-state index contributed by atoms with van der Waals surface area (Å²) in [6.45, 7) is 0. The summed E-state index contributed by atoms with van der Waals surface area (Å²) in [7, 11) is 3.18. The Bertz CT molecular complexity index is 1500. The van der Waals surface area contributed by atoms with E-state index in [1.807, 2.05) is 60.7 Å². The molecule has 5 rings (SSSR count). The number of amides is 1. The van der Waals surface area contributed by atoms with Crippen LogP contribution in [0.15, 0.2) is 78.3 Å². The first-order chi connectivity index (χ1) is 17.1. The van der Waals surface area contributed by atoms with Crippen molar-refractivity contribution in [1.29, 1.82) is 0 Å². The molecule has 0 saturated carbocycles. The Morgan fingerprint density at radius 3 is 2.49 bits per heavy atom. The molecule has 2 aromatic heterocycles. The highest BCUT2D eigenvalue weighted by molar-refractivity contribution is 7.16. The van der Waals surface area contributed by atoms with Gasteiger partial charge in [-0.05, 0) is 36.4 Å². The quantitative estimate of drug-likeness (QED) is 0.303. The van der Waals surface area contributed by atoms with Gasteiger partial charge in [-0.2, -0.15) is 0 Å². The molecule has 0 bridgehead atoms. The number of rotatable bonds is 7. The monoisotopic (exact) mass is 483 g/mol. The molecule has 3 aromatic carbocycles. The Kier molecular flexibility index (Phi) is 6.23. The molecule has 9 heteroatoms. The first kappa shape index (κ1) is 22.3. The molecular formula is C26H21N5O3S. The van der Waals surface area contributed by atoms with Gasteiger partial charge in [0.25, 0.3) is 5.91 Å². The third kappa shape index (κ3) is 4.75. The zero-order chi connectivity index (χ0) is 24.2. The lowest BCUT2D eigenvalue weighted by Crippen LogP contribution is -2.11. The van der Waals surface area contributed by atoms with Crippen LogP contribution in [0.3, 0.4) is 0 Å². The van der Waals surface area contributed by atoms with E-state index in [1.54, 1.807) is 31.9 Å². The molecule has 0 atom stereocenters. The largest absolute Gasteiger partial charge is 0.493 e. The number of aromatic nitrogens is 3. The average Bonchev–Trinajstić information content (AvgIpc) is 3.38. The average molecular weight is 484 g/mol. The van der Waals surface area contributed by atoms with Crippen molar-refractivity contribution < 1.29 is 14.3 Å². The Balaban J connectivity index is 1.48. The summed E-state index contributed by atoms with van der Waals surface area (Å²) in [6, 6.07) is 22.1. The SMILES string of the molecule is COc1ccc(Nc2nc(-c3cccc(C(=O)Nc4ccccc4)c3)nc3scnc23)cc1OC. The van der Waals surface area contributed by atoms with Crippen LogP contribution in [0.5, 0.6) is 11.5 Å². The Labute approximate surface area is 205 Å². The van der Waals surface area contributed by atoms with Crippen molar-refractivity contribution in [1.82, 2.24) is 15.0 Å². The van der Waals surface area contributed by atoms with Gasteiger partial charge in [0.15, 0.2) is 23.1 Å². The Morgan fingerprint density at radius 2 is 1.69 bits per heavy atom. The highest BCUT2D eigenvalue weighted by Gasteiger charge is 2.15. The summed E-state index contributed by atoms with van der Waals surface area (Å²) in [5, 5.41) is 6.22. The lowest BCUT2D eigenvalue weighted by Gasteiger charge is -2.12. The number of fused-ring (bicyclic) bond motifs is 1. The van der Waals surface area contributed by atoms with Crippen LogP contribution < -0.4 is 20.1 Å². The normalized spacial score (nSPS) is 10.7. The van der Waals surface area contributed by atoms with Gasteiger partial charge in [0.1, 0.15) is 10.3 Å². The highest BCUT2D eigenvalue weighted by Crippen LogP contribution is 2.33. The number of benzene rings is 3. The molecule has 1 amide bonds. The summed E-state index contributed by atoms with van der Waals surface area (Å²) in [6.07, 6.45) is 0. The van der Waals surface area contributed by atoms with Crippen LogP contribution in [0.1, 0.15) is 10.4 Å². The van der Waals surface area contributed by atoms with E-state index in [0.29, 0.717) is 34.2 Å². The number of hydrogen-bond acceptors (Lipinski definition) is 8. The fourth-order valence-corrected chi connectivity index (χ4v) is 4.21. The number of carbonyl (C=O) groups is 1. The van der Waals surface area contributed by atoms with Crippen molar-refractivity contribution in [3.05, 3.63) is 83.9 Å². The third-order valence-corrected chi connectivity index (χ3v) is 5.98. The molecule has 0 aliphatic carbocycles. The second kappa shape index (κ2) is 9.78. The first-order valence-electron chi connectivity index (χ1n) is 10.7. The minimum absolute atomic E-state index is 0.208. The molecule has 0 radical (unpaired) electrons. The number of ether oxygens (including phenoxy) is 2. The number of methoxy groups -OCH3 is 2. The van der Waals surface area contributed by atoms with Gasteiger partial charge in [-0.15, -0.1) is 11.3 Å². The van der Waals surface area contributed by atoms with Crippen molar-refractivity contribution in [2.45, 2.75) is 0 Å². The number of anilines is 3. The third-order valence-electron chi connectivity index (χ3n) is 5.26. The molecular weight excluding hydrogens is 462 g/mol. The summed E-state index contributed by atoms with van der Waals surface area (Å²) in [5.41, 5.74) is 5.10. The lowest BCUT2D eigenvalue weighted by atomic mass is 10.1. The molecule has 174 valence electrons. The minimum Gasteiger partial charge on any atom is -0.493 e. The number of carbonyl (C=O) groups excluding carboxylic acids is 1. The van der Waals surface area contributed by atoms with Crippen LogP contribution in [0.25, 0.3) is 21.7 Å². The van der Waals surface area contributed by atoms with Crippen LogP contribution in [-0.4, -0.2) is 35.1 Å². The molecule has 0 spiro atoms. The standard InChI is InChI=1S/C26H21N5O3S/c1-33-20-12-11-19(14-21(20)34-2)28-24-22-26(35-15-27-22)31-23(30-24)16-7-6-8-17(13-16)25(32)29-18-9-4-3-5-10-18/h3-15H,1-2H3,(H,29,32)(H,28,30,31). The molecule has 35 heavy (non-hydrogen) atoms. The topological polar surface area (TPSA) is 98.3 Å². The number of para-hydroxylation sites is 1. The molecule has 2 heterocycles. The van der Waals surface area contributed by atoms with Gasteiger partial charge < -0.3 is 20.1 Å². The van der Waals surface area contributed by atoms with Crippen LogP contribution in [0.4, 0.5) is 17.2 Å². The molecule has 0 aliphatic rings. The molecule has 8 nitrogen and oxygen atoms in total. The minimum atomic E-state index is -0.208. The van der Waals surface area contributed by atoms with Crippen molar-refractivity contribution in [3.63, 3.8) is 0 Å². The van der Waals surface area contributed by atoms with Crippen LogP contribution in [0.2, 0.25) is 0 Å². The molecule has 5 aromatic rings. The van der Waals surface area contributed by atoms with Crippen molar-refractivity contribution in [2.24, 2.45) is 0 Å².